The zero-order valence-electron chi connectivity index (χ0n) is 17.9. The number of non-ortho nitro benzene ring substituents is 1. The number of nitrogens with one attached hydrogen (secondary N) is 2. The third-order valence-corrected chi connectivity index (χ3v) is 4.61. The Morgan fingerprint density at radius 3 is 2.31 bits per heavy atom. The van der Waals surface area contributed by atoms with Crippen LogP contribution in [0.5, 0.6) is 17.2 Å². The van der Waals surface area contributed by atoms with Crippen molar-refractivity contribution in [3.05, 3.63) is 52.1 Å². The van der Waals surface area contributed by atoms with Gasteiger partial charge in [0.25, 0.3) is 5.69 Å². The molecule has 0 aromatic heterocycles. The van der Waals surface area contributed by atoms with E-state index in [-0.39, 0.29) is 23.5 Å². The summed E-state index contributed by atoms with van der Waals surface area (Å²) in [7, 11) is 4.37. The minimum atomic E-state index is -1.18. The maximum atomic E-state index is 12.4. The van der Waals surface area contributed by atoms with E-state index in [2.05, 4.69) is 10.6 Å². The van der Waals surface area contributed by atoms with Crippen molar-refractivity contribution in [2.75, 3.05) is 33.2 Å². The maximum absolute atomic E-state index is 12.4. The lowest BCUT2D eigenvalue weighted by atomic mass is 10.1. The van der Waals surface area contributed by atoms with Gasteiger partial charge in [-0.2, -0.15) is 0 Å². The van der Waals surface area contributed by atoms with Crippen LogP contribution >= 0.6 is 0 Å². The van der Waals surface area contributed by atoms with E-state index in [1.54, 1.807) is 12.1 Å². The number of carboxylic acids is 1. The lowest BCUT2D eigenvalue weighted by Gasteiger charge is -2.16. The number of nitro groups is 1. The van der Waals surface area contributed by atoms with E-state index < -0.39 is 22.8 Å². The van der Waals surface area contributed by atoms with Crippen molar-refractivity contribution in [3.63, 3.8) is 0 Å². The molecule has 11 nitrogen and oxygen atoms in total. The molecule has 1 amide bonds. The molecule has 11 heteroatoms. The number of carboxylic acid groups (broad SMARTS) is 1. The molecule has 172 valence electrons. The van der Waals surface area contributed by atoms with Gasteiger partial charge in [0.2, 0.25) is 5.91 Å². The number of benzene rings is 2. The van der Waals surface area contributed by atoms with Gasteiger partial charge in [-0.15, -0.1) is 0 Å². The summed E-state index contributed by atoms with van der Waals surface area (Å²) in [5, 5.41) is 25.7. The second kappa shape index (κ2) is 11.5. The van der Waals surface area contributed by atoms with E-state index in [9.17, 15) is 24.8 Å². The van der Waals surface area contributed by atoms with Crippen LogP contribution in [0.25, 0.3) is 0 Å². The van der Waals surface area contributed by atoms with Gasteiger partial charge in [-0.1, -0.05) is 6.07 Å². The van der Waals surface area contributed by atoms with Crippen LogP contribution in [0, 0.1) is 10.1 Å². The molecule has 2 rings (SSSR count). The fraction of sp³-hybridized carbons (Fsp3) is 0.333. The first-order valence-corrected chi connectivity index (χ1v) is 9.58. The van der Waals surface area contributed by atoms with Gasteiger partial charge in [0.1, 0.15) is 11.8 Å². The molecule has 0 fully saturated rings. The number of nitro benzene ring substituents is 1. The summed E-state index contributed by atoms with van der Waals surface area (Å²) in [6, 6.07) is 7.98. The number of anilines is 1. The van der Waals surface area contributed by atoms with Crippen molar-refractivity contribution in [2.24, 2.45) is 0 Å². The summed E-state index contributed by atoms with van der Waals surface area (Å²) in [6.07, 6.45) is 0.156. The first-order valence-electron chi connectivity index (χ1n) is 9.58. The largest absolute Gasteiger partial charge is 0.494 e. The number of methoxy groups -OCH3 is 3. The molecule has 0 aliphatic rings. The number of hydrogen-bond donors (Lipinski definition) is 3. The average Bonchev–Trinajstić information content (AvgIpc) is 2.78. The van der Waals surface area contributed by atoms with Crippen molar-refractivity contribution < 1.29 is 33.8 Å². The summed E-state index contributed by atoms with van der Waals surface area (Å²) in [6.45, 7) is 0.306. The highest BCUT2D eigenvalue weighted by Crippen LogP contribution is 2.29. The van der Waals surface area contributed by atoms with Gasteiger partial charge in [0, 0.05) is 6.07 Å². The topological polar surface area (TPSA) is 149 Å². The summed E-state index contributed by atoms with van der Waals surface area (Å²) >= 11 is 0. The van der Waals surface area contributed by atoms with Gasteiger partial charge in [0.05, 0.1) is 44.4 Å². The smallest absolute Gasteiger partial charge is 0.321 e. The highest BCUT2D eigenvalue weighted by molar-refractivity contribution is 5.95. The van der Waals surface area contributed by atoms with Gasteiger partial charge in [-0.25, -0.2) is 0 Å². The van der Waals surface area contributed by atoms with E-state index in [0.717, 1.165) is 5.56 Å². The third kappa shape index (κ3) is 6.57. The molecular formula is C21H25N3O8. The van der Waals surface area contributed by atoms with Gasteiger partial charge >= 0.3 is 5.97 Å². The Morgan fingerprint density at radius 1 is 1.03 bits per heavy atom. The van der Waals surface area contributed by atoms with Crippen molar-refractivity contribution in [1.82, 2.24) is 5.32 Å². The Bertz CT molecular complexity index is 980. The molecule has 32 heavy (non-hydrogen) atoms. The summed E-state index contributed by atoms with van der Waals surface area (Å²) < 4.78 is 15.5. The minimum absolute atomic E-state index is 0.0980. The lowest BCUT2D eigenvalue weighted by Crippen LogP contribution is -2.40. The predicted molar refractivity (Wildman–Crippen MR) is 116 cm³/mol. The Kier molecular flexibility index (Phi) is 8.78. The van der Waals surface area contributed by atoms with E-state index in [1.807, 2.05) is 6.07 Å². The van der Waals surface area contributed by atoms with Crippen molar-refractivity contribution in [2.45, 2.75) is 18.9 Å². The highest BCUT2D eigenvalue weighted by atomic mass is 16.6. The predicted octanol–water partition coefficient (Wildman–Crippen LogP) is 2.23. The Hall–Kier alpha value is -3.86. The zero-order valence-corrected chi connectivity index (χ0v) is 17.9. The van der Waals surface area contributed by atoms with Crippen LogP contribution in [0.3, 0.4) is 0 Å². The number of ether oxygens (including phenoxy) is 3. The Morgan fingerprint density at radius 2 is 1.72 bits per heavy atom. The molecule has 0 heterocycles. The van der Waals surface area contributed by atoms with Crippen LogP contribution < -0.4 is 24.8 Å². The second-order valence-electron chi connectivity index (χ2n) is 6.68. The summed E-state index contributed by atoms with van der Waals surface area (Å²) in [5.41, 5.74) is 0.914. The van der Waals surface area contributed by atoms with Crippen molar-refractivity contribution in [3.8, 4) is 17.2 Å². The Labute approximate surface area is 184 Å². The molecule has 1 unspecified atom stereocenters. The normalized spacial score (nSPS) is 11.3. The van der Waals surface area contributed by atoms with E-state index >= 15 is 0 Å². The molecule has 3 N–H and O–H groups in total. The molecule has 2 aromatic carbocycles. The van der Waals surface area contributed by atoms with E-state index in [0.29, 0.717) is 24.5 Å². The van der Waals surface area contributed by atoms with Crippen LogP contribution in [0.4, 0.5) is 11.4 Å². The molecule has 0 aliphatic heterocycles. The number of aliphatic carboxylic acids is 1. The number of hydrogen-bond acceptors (Lipinski definition) is 8. The molecule has 0 bridgehead atoms. The molecule has 0 spiro atoms. The second-order valence-corrected chi connectivity index (χ2v) is 6.68. The molecule has 0 aliphatic carbocycles. The maximum Gasteiger partial charge on any atom is 0.321 e. The SMILES string of the molecule is COc1cc([N+](=O)[O-])ccc1NC(=O)CC(NCCc1ccc(OC)c(OC)c1)C(=O)O. The zero-order chi connectivity index (χ0) is 23.7. The van der Waals surface area contributed by atoms with E-state index in [1.165, 1.54) is 39.5 Å². The quantitative estimate of drug-likeness (QED) is 0.329. The standard InChI is InChI=1S/C21H25N3O8/c1-30-17-7-4-13(10-19(17)32-3)8-9-22-16(21(26)27)12-20(25)23-15-6-5-14(24(28)29)11-18(15)31-2/h4-7,10-11,16,22H,8-9,12H2,1-3H3,(H,23,25)(H,26,27). The average molecular weight is 447 g/mol. The van der Waals surface area contributed by atoms with Gasteiger partial charge < -0.3 is 30.0 Å². The minimum Gasteiger partial charge on any atom is -0.494 e. The van der Waals surface area contributed by atoms with Crippen molar-refractivity contribution in [1.29, 1.82) is 0 Å². The fourth-order valence-corrected chi connectivity index (χ4v) is 2.96. The van der Waals surface area contributed by atoms with E-state index in [4.69, 9.17) is 14.2 Å². The molecule has 2 aromatic rings. The number of rotatable bonds is 12. The summed E-state index contributed by atoms with van der Waals surface area (Å²) in [5.74, 6) is -0.505. The number of amides is 1. The molecular weight excluding hydrogens is 422 g/mol. The van der Waals surface area contributed by atoms with Gasteiger partial charge in [-0.05, 0) is 36.7 Å². The molecule has 0 radical (unpaired) electrons. The highest BCUT2D eigenvalue weighted by Gasteiger charge is 2.22. The number of nitrogens with zero attached hydrogens (tertiary/aromatic N) is 1. The Balaban J connectivity index is 1.96. The lowest BCUT2D eigenvalue weighted by molar-refractivity contribution is -0.384. The fourth-order valence-electron chi connectivity index (χ4n) is 2.96. The summed E-state index contributed by atoms with van der Waals surface area (Å²) in [4.78, 5) is 34.2. The van der Waals surface area contributed by atoms with Crippen LogP contribution in [-0.4, -0.2) is 55.8 Å². The molecule has 1 atom stereocenters. The van der Waals surface area contributed by atoms with Crippen LogP contribution in [0.15, 0.2) is 36.4 Å². The van der Waals surface area contributed by atoms with Gasteiger partial charge in [-0.3, -0.25) is 19.7 Å². The van der Waals surface area contributed by atoms with Crippen LogP contribution in [0.1, 0.15) is 12.0 Å². The first kappa shape index (κ1) is 24.4. The number of carbonyl (C=O) groups excluding carboxylic acids is 1. The van der Waals surface area contributed by atoms with Crippen LogP contribution in [0.2, 0.25) is 0 Å². The third-order valence-electron chi connectivity index (χ3n) is 4.61. The van der Waals surface area contributed by atoms with Crippen molar-refractivity contribution >= 4 is 23.3 Å². The molecule has 0 saturated carbocycles. The monoisotopic (exact) mass is 447 g/mol. The van der Waals surface area contributed by atoms with Gasteiger partial charge in [0.15, 0.2) is 11.5 Å². The molecule has 0 saturated heterocycles. The van der Waals surface area contributed by atoms with Crippen LogP contribution in [-0.2, 0) is 16.0 Å². The number of carbonyl (C=O) groups is 2. The first-order chi connectivity index (χ1) is 15.3.